The molecule has 1 heterocycles. The van der Waals surface area contributed by atoms with E-state index in [2.05, 4.69) is 11.6 Å². The third-order valence-corrected chi connectivity index (χ3v) is 6.68. The number of hydrogen-bond acceptors (Lipinski definition) is 4. The molecule has 0 radical (unpaired) electrons. The molecule has 2 aromatic carbocycles. The second-order valence-electron chi connectivity index (χ2n) is 7.82. The number of morpholine rings is 1. The Labute approximate surface area is 179 Å². The van der Waals surface area contributed by atoms with Crippen molar-refractivity contribution in [2.24, 2.45) is 0 Å². The van der Waals surface area contributed by atoms with Crippen LogP contribution in [0.15, 0.2) is 47.4 Å². The van der Waals surface area contributed by atoms with E-state index in [9.17, 15) is 13.2 Å². The lowest BCUT2D eigenvalue weighted by Gasteiger charge is -2.31. The molecule has 0 aromatic heterocycles. The lowest BCUT2D eigenvalue weighted by Crippen LogP contribution is -2.44. The first-order valence-corrected chi connectivity index (χ1v) is 11.9. The van der Waals surface area contributed by atoms with E-state index >= 15 is 0 Å². The molecule has 0 unspecified atom stereocenters. The molecular weight excluding hydrogens is 400 g/mol. The van der Waals surface area contributed by atoms with E-state index in [1.807, 2.05) is 26.0 Å². The quantitative estimate of drug-likeness (QED) is 0.720. The zero-order chi connectivity index (χ0) is 21.7. The van der Waals surface area contributed by atoms with E-state index in [1.54, 1.807) is 23.1 Å². The van der Waals surface area contributed by atoms with Crippen LogP contribution in [0, 0.1) is 6.92 Å². The minimum absolute atomic E-state index is 0.0307. The molecule has 7 heteroatoms. The van der Waals surface area contributed by atoms with Crippen molar-refractivity contribution < 1.29 is 17.9 Å². The van der Waals surface area contributed by atoms with E-state index in [-0.39, 0.29) is 16.9 Å². The molecule has 162 valence electrons. The number of carbonyl (C=O) groups excluding carboxylic acids is 1. The first kappa shape index (κ1) is 22.3. The Bertz CT molecular complexity index is 987. The SMILES string of the molecule is CCCCc1ccc(NS(=O)(=O)c2ccc(C)c(C(=O)N3CCO[C@H](C)C3)c2)cc1. The second-order valence-corrected chi connectivity index (χ2v) is 9.50. The van der Waals surface area contributed by atoms with Gasteiger partial charge < -0.3 is 9.64 Å². The van der Waals surface area contributed by atoms with Crippen LogP contribution < -0.4 is 4.72 Å². The Morgan fingerprint density at radius 2 is 1.93 bits per heavy atom. The Hall–Kier alpha value is -2.38. The molecule has 0 aliphatic carbocycles. The number of amides is 1. The molecule has 2 aromatic rings. The van der Waals surface area contributed by atoms with Gasteiger partial charge in [0.15, 0.2) is 0 Å². The molecule has 1 aliphatic rings. The standard InChI is InChI=1S/C23H30N2O4S/c1-4-5-6-19-8-10-20(11-9-19)24-30(27,28)21-12-7-17(2)22(15-21)23(26)25-13-14-29-18(3)16-25/h7-12,15,18,24H,4-6,13-14,16H2,1-3H3/t18-/m1/s1. The Balaban J connectivity index is 1.79. The monoisotopic (exact) mass is 430 g/mol. The molecule has 0 bridgehead atoms. The highest BCUT2D eigenvalue weighted by Crippen LogP contribution is 2.22. The van der Waals surface area contributed by atoms with Crippen molar-refractivity contribution in [1.29, 1.82) is 0 Å². The molecule has 1 saturated heterocycles. The van der Waals surface area contributed by atoms with Crippen LogP contribution in [0.4, 0.5) is 5.69 Å². The molecular formula is C23H30N2O4S. The minimum Gasteiger partial charge on any atom is -0.375 e. The number of aryl methyl sites for hydroxylation is 2. The summed E-state index contributed by atoms with van der Waals surface area (Å²) in [6.07, 6.45) is 3.17. The minimum atomic E-state index is -3.80. The van der Waals surface area contributed by atoms with E-state index in [4.69, 9.17) is 4.74 Å². The number of unbranched alkanes of at least 4 members (excludes halogenated alkanes) is 1. The van der Waals surface area contributed by atoms with E-state index in [1.165, 1.54) is 17.7 Å². The van der Waals surface area contributed by atoms with Crippen molar-refractivity contribution >= 4 is 21.6 Å². The molecule has 6 nitrogen and oxygen atoms in total. The molecule has 1 aliphatic heterocycles. The molecule has 3 rings (SSSR count). The van der Waals surface area contributed by atoms with Gasteiger partial charge in [-0.2, -0.15) is 0 Å². The van der Waals surface area contributed by atoms with Crippen molar-refractivity contribution in [3.8, 4) is 0 Å². The van der Waals surface area contributed by atoms with Crippen LogP contribution in [0.1, 0.15) is 48.2 Å². The van der Waals surface area contributed by atoms with Crippen molar-refractivity contribution in [2.45, 2.75) is 51.0 Å². The number of carbonyl (C=O) groups is 1. The summed E-state index contributed by atoms with van der Waals surface area (Å²) in [6.45, 7) is 7.36. The predicted octanol–water partition coefficient (Wildman–Crippen LogP) is 4.00. The second kappa shape index (κ2) is 9.62. The Kier molecular flexibility index (Phi) is 7.15. The maximum atomic E-state index is 13.0. The zero-order valence-corrected chi connectivity index (χ0v) is 18.7. The number of benzene rings is 2. The van der Waals surface area contributed by atoms with Crippen LogP contribution in [0.2, 0.25) is 0 Å². The molecule has 30 heavy (non-hydrogen) atoms. The number of hydrogen-bond donors (Lipinski definition) is 1. The zero-order valence-electron chi connectivity index (χ0n) is 17.8. The molecule has 1 atom stereocenters. The number of nitrogens with zero attached hydrogens (tertiary/aromatic N) is 1. The van der Waals surface area contributed by atoms with Crippen LogP contribution in [0.25, 0.3) is 0 Å². The number of sulfonamides is 1. The molecule has 1 N–H and O–H groups in total. The Morgan fingerprint density at radius 3 is 2.60 bits per heavy atom. The van der Waals surface area contributed by atoms with Crippen molar-refractivity contribution in [3.05, 3.63) is 59.2 Å². The fourth-order valence-electron chi connectivity index (χ4n) is 3.51. The smallest absolute Gasteiger partial charge is 0.261 e. The van der Waals surface area contributed by atoms with Gasteiger partial charge in [-0.25, -0.2) is 8.42 Å². The van der Waals surface area contributed by atoms with Crippen molar-refractivity contribution in [3.63, 3.8) is 0 Å². The number of rotatable bonds is 7. The van der Waals surface area contributed by atoms with Gasteiger partial charge in [-0.1, -0.05) is 31.5 Å². The van der Waals surface area contributed by atoms with Gasteiger partial charge in [0.05, 0.1) is 17.6 Å². The van der Waals surface area contributed by atoms with Gasteiger partial charge in [0.1, 0.15) is 0 Å². The fourth-order valence-corrected chi connectivity index (χ4v) is 4.59. The molecule has 0 spiro atoms. The number of anilines is 1. The molecule has 1 fully saturated rings. The fraction of sp³-hybridized carbons (Fsp3) is 0.435. The molecule has 0 saturated carbocycles. The van der Waals surface area contributed by atoms with Gasteiger partial charge in [0, 0.05) is 24.3 Å². The van der Waals surface area contributed by atoms with Gasteiger partial charge in [-0.05, 0) is 62.1 Å². The third kappa shape index (κ3) is 5.40. The first-order chi connectivity index (χ1) is 14.3. The predicted molar refractivity (Wildman–Crippen MR) is 118 cm³/mol. The number of nitrogens with one attached hydrogen (secondary N) is 1. The largest absolute Gasteiger partial charge is 0.375 e. The average molecular weight is 431 g/mol. The lowest BCUT2D eigenvalue weighted by atomic mass is 10.1. The van der Waals surface area contributed by atoms with Gasteiger partial charge in [0.25, 0.3) is 15.9 Å². The van der Waals surface area contributed by atoms with E-state index in [0.717, 1.165) is 24.8 Å². The lowest BCUT2D eigenvalue weighted by molar-refractivity contribution is -0.0124. The van der Waals surface area contributed by atoms with Gasteiger partial charge in [-0.3, -0.25) is 9.52 Å². The van der Waals surface area contributed by atoms with Gasteiger partial charge in [0.2, 0.25) is 0 Å². The summed E-state index contributed by atoms with van der Waals surface area (Å²) in [5, 5.41) is 0. The summed E-state index contributed by atoms with van der Waals surface area (Å²) in [5.41, 5.74) is 2.84. The summed E-state index contributed by atoms with van der Waals surface area (Å²) in [7, 11) is -3.80. The first-order valence-electron chi connectivity index (χ1n) is 10.4. The van der Waals surface area contributed by atoms with Crippen molar-refractivity contribution in [1.82, 2.24) is 4.90 Å². The maximum Gasteiger partial charge on any atom is 0.261 e. The average Bonchev–Trinajstić information content (AvgIpc) is 2.72. The third-order valence-electron chi connectivity index (χ3n) is 5.30. The summed E-state index contributed by atoms with van der Waals surface area (Å²) in [4.78, 5) is 14.8. The normalized spacial score (nSPS) is 17.0. The maximum absolute atomic E-state index is 13.0. The number of ether oxygens (including phenoxy) is 1. The van der Waals surface area contributed by atoms with E-state index < -0.39 is 10.0 Å². The highest BCUT2D eigenvalue weighted by molar-refractivity contribution is 7.92. The summed E-state index contributed by atoms with van der Waals surface area (Å²) in [6, 6.07) is 12.1. The van der Waals surface area contributed by atoms with Crippen LogP contribution >= 0.6 is 0 Å². The van der Waals surface area contributed by atoms with Crippen LogP contribution in [0.3, 0.4) is 0 Å². The van der Waals surface area contributed by atoms with Crippen LogP contribution in [0.5, 0.6) is 0 Å². The van der Waals surface area contributed by atoms with Gasteiger partial charge in [-0.15, -0.1) is 0 Å². The summed E-state index contributed by atoms with van der Waals surface area (Å²) < 4.78 is 34.0. The highest BCUT2D eigenvalue weighted by atomic mass is 32.2. The Morgan fingerprint density at radius 1 is 1.20 bits per heavy atom. The van der Waals surface area contributed by atoms with Gasteiger partial charge >= 0.3 is 0 Å². The highest BCUT2D eigenvalue weighted by Gasteiger charge is 2.25. The summed E-state index contributed by atoms with van der Waals surface area (Å²) >= 11 is 0. The topological polar surface area (TPSA) is 75.7 Å². The van der Waals surface area contributed by atoms with Crippen LogP contribution in [-0.2, 0) is 21.2 Å². The van der Waals surface area contributed by atoms with Crippen LogP contribution in [-0.4, -0.2) is 45.0 Å². The van der Waals surface area contributed by atoms with E-state index in [0.29, 0.717) is 30.9 Å². The molecule has 1 amide bonds. The summed E-state index contributed by atoms with van der Waals surface area (Å²) in [5.74, 6) is -0.167. The van der Waals surface area contributed by atoms with Crippen molar-refractivity contribution in [2.75, 3.05) is 24.4 Å².